The maximum Gasteiger partial charge on any atom is 0.200 e. The summed E-state index contributed by atoms with van der Waals surface area (Å²) in [7, 11) is 0. The maximum absolute atomic E-state index is 14.2. The lowest BCUT2D eigenvalue weighted by molar-refractivity contribution is 0.382. The number of halogens is 5. The molecule has 8 heteroatoms. The summed E-state index contributed by atoms with van der Waals surface area (Å²) in [5, 5.41) is 4.66. The van der Waals surface area contributed by atoms with Gasteiger partial charge in [-0.25, -0.2) is 26.9 Å². The Kier molecular flexibility index (Phi) is 5.81. The van der Waals surface area contributed by atoms with Crippen LogP contribution in [0.4, 0.5) is 27.6 Å². The third-order valence-corrected chi connectivity index (χ3v) is 5.21. The Morgan fingerprint density at radius 1 is 0.742 bits per heavy atom. The highest BCUT2D eigenvalue weighted by atomic mass is 32.1. The quantitative estimate of drug-likeness (QED) is 0.201. The van der Waals surface area contributed by atoms with Gasteiger partial charge in [0, 0.05) is 16.6 Å². The van der Waals surface area contributed by atoms with Gasteiger partial charge in [0.1, 0.15) is 10.7 Å². The SMILES string of the molecule is Fc1c(F)c(F)c(NC(=Cc2nc(-c3ccccc3)cs2)c2ccccc2)c(F)c1F. The summed E-state index contributed by atoms with van der Waals surface area (Å²) in [5.41, 5.74) is 1.04. The minimum Gasteiger partial charge on any atom is -0.350 e. The van der Waals surface area contributed by atoms with Crippen molar-refractivity contribution < 1.29 is 22.0 Å². The van der Waals surface area contributed by atoms with E-state index < -0.39 is 34.8 Å². The summed E-state index contributed by atoms with van der Waals surface area (Å²) in [6.45, 7) is 0. The van der Waals surface area contributed by atoms with Crippen LogP contribution in [-0.4, -0.2) is 4.98 Å². The molecular weight excluding hydrogens is 431 g/mol. The number of nitrogens with one attached hydrogen (secondary N) is 1. The van der Waals surface area contributed by atoms with Crippen LogP contribution in [-0.2, 0) is 0 Å². The molecule has 0 radical (unpaired) electrons. The van der Waals surface area contributed by atoms with Gasteiger partial charge in [0.15, 0.2) is 23.3 Å². The minimum atomic E-state index is -2.21. The average Bonchev–Trinajstić information content (AvgIpc) is 3.28. The van der Waals surface area contributed by atoms with E-state index in [2.05, 4.69) is 10.3 Å². The Bertz CT molecular complexity index is 1220. The third-order valence-electron chi connectivity index (χ3n) is 4.41. The Morgan fingerprint density at radius 3 is 1.90 bits per heavy atom. The zero-order valence-electron chi connectivity index (χ0n) is 15.7. The summed E-state index contributed by atoms with van der Waals surface area (Å²) in [4.78, 5) is 4.49. The van der Waals surface area contributed by atoms with Gasteiger partial charge in [0.05, 0.1) is 5.69 Å². The van der Waals surface area contributed by atoms with Crippen molar-refractivity contribution in [3.63, 3.8) is 0 Å². The second-order valence-electron chi connectivity index (χ2n) is 6.43. The third kappa shape index (κ3) is 4.20. The first-order chi connectivity index (χ1) is 15.0. The van der Waals surface area contributed by atoms with Crippen molar-refractivity contribution in [3.05, 3.63) is 106 Å². The lowest BCUT2D eigenvalue weighted by atomic mass is 10.1. The van der Waals surface area contributed by atoms with E-state index in [4.69, 9.17) is 0 Å². The fourth-order valence-electron chi connectivity index (χ4n) is 2.88. The lowest BCUT2D eigenvalue weighted by Crippen LogP contribution is -2.09. The zero-order chi connectivity index (χ0) is 22.0. The van der Waals surface area contributed by atoms with Crippen LogP contribution in [0.1, 0.15) is 10.6 Å². The minimum absolute atomic E-state index is 0.123. The molecule has 0 amide bonds. The Morgan fingerprint density at radius 2 is 1.29 bits per heavy atom. The van der Waals surface area contributed by atoms with Gasteiger partial charge in [-0.15, -0.1) is 11.3 Å². The van der Waals surface area contributed by atoms with Crippen LogP contribution in [0.5, 0.6) is 0 Å². The van der Waals surface area contributed by atoms with Crippen molar-refractivity contribution >= 4 is 28.8 Å². The number of aromatic nitrogens is 1. The molecule has 0 saturated carbocycles. The number of hydrogen-bond acceptors (Lipinski definition) is 3. The molecule has 0 saturated heterocycles. The summed E-state index contributed by atoms with van der Waals surface area (Å²) in [5.74, 6) is -10.1. The van der Waals surface area contributed by atoms with Gasteiger partial charge in [-0.2, -0.15) is 0 Å². The Balaban J connectivity index is 1.78. The number of rotatable bonds is 5. The van der Waals surface area contributed by atoms with E-state index in [-0.39, 0.29) is 5.70 Å². The van der Waals surface area contributed by atoms with Crippen LogP contribution >= 0.6 is 11.3 Å². The summed E-state index contributed by atoms with van der Waals surface area (Å²) in [6.07, 6.45) is 1.49. The molecule has 31 heavy (non-hydrogen) atoms. The molecule has 3 aromatic carbocycles. The number of nitrogens with zero attached hydrogens (tertiary/aromatic N) is 1. The highest BCUT2D eigenvalue weighted by molar-refractivity contribution is 7.10. The molecule has 0 aliphatic rings. The highest BCUT2D eigenvalue weighted by Gasteiger charge is 2.26. The van der Waals surface area contributed by atoms with E-state index >= 15 is 0 Å². The van der Waals surface area contributed by atoms with Crippen molar-refractivity contribution in [3.8, 4) is 11.3 Å². The first-order valence-corrected chi connectivity index (χ1v) is 9.90. The van der Waals surface area contributed by atoms with Gasteiger partial charge < -0.3 is 5.32 Å². The van der Waals surface area contributed by atoms with Gasteiger partial charge in [-0.05, 0) is 11.6 Å². The molecule has 4 rings (SSSR count). The molecule has 1 aromatic heterocycles. The largest absolute Gasteiger partial charge is 0.350 e. The molecule has 1 heterocycles. The van der Waals surface area contributed by atoms with Crippen molar-refractivity contribution in [1.29, 1.82) is 0 Å². The van der Waals surface area contributed by atoms with E-state index in [0.717, 1.165) is 5.56 Å². The average molecular weight is 444 g/mol. The number of anilines is 1. The molecule has 0 unspecified atom stereocenters. The molecule has 2 nitrogen and oxygen atoms in total. The van der Waals surface area contributed by atoms with E-state index in [0.29, 0.717) is 16.3 Å². The molecule has 4 aromatic rings. The predicted molar refractivity (Wildman–Crippen MR) is 112 cm³/mol. The predicted octanol–water partition coefficient (Wildman–Crippen LogP) is 7.12. The molecule has 0 aliphatic carbocycles. The molecular formula is C23H13F5N2S. The normalized spacial score (nSPS) is 11.6. The molecule has 0 spiro atoms. The fraction of sp³-hybridized carbons (Fsp3) is 0. The molecule has 1 N–H and O–H groups in total. The second kappa shape index (κ2) is 8.69. The van der Waals surface area contributed by atoms with E-state index in [1.807, 2.05) is 35.7 Å². The first kappa shape index (κ1) is 20.7. The molecule has 0 aliphatic heterocycles. The van der Waals surface area contributed by atoms with Gasteiger partial charge >= 0.3 is 0 Å². The smallest absolute Gasteiger partial charge is 0.200 e. The number of thiazole rings is 1. The van der Waals surface area contributed by atoms with E-state index in [1.165, 1.54) is 17.4 Å². The van der Waals surface area contributed by atoms with Crippen LogP contribution in [0.15, 0.2) is 66.0 Å². The molecule has 0 atom stereocenters. The van der Waals surface area contributed by atoms with Crippen molar-refractivity contribution in [2.24, 2.45) is 0 Å². The lowest BCUT2D eigenvalue weighted by Gasteiger charge is -2.14. The van der Waals surface area contributed by atoms with Crippen molar-refractivity contribution in [1.82, 2.24) is 4.98 Å². The molecule has 156 valence electrons. The van der Waals surface area contributed by atoms with Crippen LogP contribution < -0.4 is 5.32 Å². The molecule has 0 bridgehead atoms. The standard InChI is InChI=1S/C23H13F5N2S/c24-18-19(25)21(27)23(22(28)20(18)26)30-15(13-7-3-1-4-8-13)11-17-29-16(12-31-17)14-9-5-2-6-10-14/h1-12,30H. The summed E-state index contributed by atoms with van der Waals surface area (Å²) >= 11 is 1.27. The summed E-state index contributed by atoms with van der Waals surface area (Å²) < 4.78 is 69.1. The number of benzene rings is 3. The van der Waals surface area contributed by atoms with Crippen LogP contribution in [0.3, 0.4) is 0 Å². The Labute approximate surface area is 178 Å². The van der Waals surface area contributed by atoms with Gasteiger partial charge in [-0.3, -0.25) is 0 Å². The second-order valence-corrected chi connectivity index (χ2v) is 7.32. The van der Waals surface area contributed by atoms with Crippen LogP contribution in [0.2, 0.25) is 0 Å². The number of hydrogen-bond donors (Lipinski definition) is 1. The fourth-order valence-corrected chi connectivity index (χ4v) is 3.64. The Hall–Kier alpha value is -3.52. The highest BCUT2D eigenvalue weighted by Crippen LogP contribution is 2.31. The first-order valence-electron chi connectivity index (χ1n) is 9.02. The maximum atomic E-state index is 14.2. The van der Waals surface area contributed by atoms with Crippen molar-refractivity contribution in [2.75, 3.05) is 5.32 Å². The van der Waals surface area contributed by atoms with E-state index in [1.54, 1.807) is 30.3 Å². The van der Waals surface area contributed by atoms with Crippen LogP contribution in [0, 0.1) is 29.1 Å². The van der Waals surface area contributed by atoms with Crippen LogP contribution in [0.25, 0.3) is 23.0 Å². The monoisotopic (exact) mass is 444 g/mol. The van der Waals surface area contributed by atoms with Gasteiger partial charge in [0.2, 0.25) is 5.82 Å². The zero-order valence-corrected chi connectivity index (χ0v) is 16.5. The van der Waals surface area contributed by atoms with Crippen molar-refractivity contribution in [2.45, 2.75) is 0 Å². The molecule has 0 fully saturated rings. The topological polar surface area (TPSA) is 24.9 Å². The van der Waals surface area contributed by atoms with E-state index in [9.17, 15) is 22.0 Å². The summed E-state index contributed by atoms with van der Waals surface area (Å²) in [6, 6.07) is 17.7. The van der Waals surface area contributed by atoms with Gasteiger partial charge in [0.25, 0.3) is 0 Å². The van der Waals surface area contributed by atoms with Gasteiger partial charge in [-0.1, -0.05) is 60.7 Å².